The van der Waals surface area contributed by atoms with Crippen molar-refractivity contribution in [2.24, 2.45) is 0 Å². The Labute approximate surface area is 97.3 Å². The second-order valence-corrected chi connectivity index (χ2v) is 4.78. The Bertz CT molecular complexity index is 264. The summed E-state index contributed by atoms with van der Waals surface area (Å²) in [6.45, 7) is 9.42. The quantitative estimate of drug-likeness (QED) is 0.672. The van der Waals surface area contributed by atoms with E-state index in [2.05, 4.69) is 11.9 Å². The average Bonchev–Trinajstić information content (AvgIpc) is 2.22. The first-order valence-electron chi connectivity index (χ1n) is 5.80. The molecular formula is C12H22N2O2. The summed E-state index contributed by atoms with van der Waals surface area (Å²) in [7, 11) is 0. The van der Waals surface area contributed by atoms with Crippen LogP contribution in [0.5, 0.6) is 0 Å². The summed E-state index contributed by atoms with van der Waals surface area (Å²) in [5, 5.41) is 12.7. The van der Waals surface area contributed by atoms with E-state index < -0.39 is 5.54 Å². The van der Waals surface area contributed by atoms with Crippen LogP contribution >= 0.6 is 0 Å². The van der Waals surface area contributed by atoms with Gasteiger partial charge < -0.3 is 10.4 Å². The van der Waals surface area contributed by atoms with Crippen LogP contribution in [0.25, 0.3) is 0 Å². The van der Waals surface area contributed by atoms with Crippen LogP contribution in [-0.2, 0) is 4.79 Å². The van der Waals surface area contributed by atoms with Crippen LogP contribution in [0.2, 0.25) is 0 Å². The highest BCUT2D eigenvalue weighted by atomic mass is 16.3. The third-order valence-corrected chi connectivity index (χ3v) is 3.15. The van der Waals surface area contributed by atoms with Crippen molar-refractivity contribution in [3.05, 3.63) is 12.7 Å². The Hall–Kier alpha value is -0.870. The molecule has 1 rings (SSSR count). The third-order valence-electron chi connectivity index (χ3n) is 3.15. The van der Waals surface area contributed by atoms with E-state index in [1.54, 1.807) is 6.08 Å². The van der Waals surface area contributed by atoms with E-state index in [9.17, 15) is 9.90 Å². The van der Waals surface area contributed by atoms with E-state index in [0.717, 1.165) is 13.0 Å². The molecule has 16 heavy (non-hydrogen) atoms. The predicted octanol–water partition coefficient (Wildman–Crippen LogP) is 0.524. The summed E-state index contributed by atoms with van der Waals surface area (Å²) in [6.07, 6.45) is 2.93. The fourth-order valence-electron chi connectivity index (χ4n) is 1.92. The molecule has 0 radical (unpaired) electrons. The molecule has 1 aliphatic heterocycles. The summed E-state index contributed by atoms with van der Waals surface area (Å²) in [6, 6.07) is 0. The summed E-state index contributed by atoms with van der Waals surface area (Å²) in [5.41, 5.74) is -0.520. The Morgan fingerprint density at radius 2 is 2.38 bits per heavy atom. The van der Waals surface area contributed by atoms with Crippen LogP contribution < -0.4 is 5.32 Å². The van der Waals surface area contributed by atoms with Gasteiger partial charge in [0.15, 0.2) is 0 Å². The summed E-state index contributed by atoms with van der Waals surface area (Å²) < 4.78 is 0. The molecule has 2 N–H and O–H groups in total. The molecule has 1 saturated heterocycles. The van der Waals surface area contributed by atoms with E-state index in [1.807, 2.05) is 18.7 Å². The Kier molecular flexibility index (Phi) is 4.50. The van der Waals surface area contributed by atoms with Gasteiger partial charge in [-0.1, -0.05) is 6.08 Å². The number of nitrogens with zero attached hydrogens (tertiary/aromatic N) is 1. The largest absolute Gasteiger partial charge is 0.392 e. The molecule has 1 aliphatic rings. The number of aliphatic hydroxyl groups is 1. The maximum atomic E-state index is 11.7. The highest BCUT2D eigenvalue weighted by Gasteiger charge is 2.37. The predicted molar refractivity (Wildman–Crippen MR) is 64.1 cm³/mol. The molecule has 0 saturated carbocycles. The molecule has 0 bridgehead atoms. The number of rotatable bonds is 5. The van der Waals surface area contributed by atoms with Crippen LogP contribution in [0, 0.1) is 0 Å². The van der Waals surface area contributed by atoms with Gasteiger partial charge in [0.25, 0.3) is 0 Å². The minimum absolute atomic E-state index is 0.0367. The first-order valence-corrected chi connectivity index (χ1v) is 5.80. The smallest absolute Gasteiger partial charge is 0.240 e. The number of carbonyl (C=O) groups excluding carboxylic acids is 1. The van der Waals surface area contributed by atoms with Crippen molar-refractivity contribution in [1.29, 1.82) is 0 Å². The van der Waals surface area contributed by atoms with Crippen LogP contribution in [0.3, 0.4) is 0 Å². The zero-order chi connectivity index (χ0) is 12.2. The number of carbonyl (C=O) groups is 1. The number of allylic oxidation sites excluding steroid dienone is 1. The molecule has 0 aliphatic carbocycles. The summed E-state index contributed by atoms with van der Waals surface area (Å²) in [5.74, 6) is 0.0367. The molecule has 0 aromatic rings. The van der Waals surface area contributed by atoms with E-state index in [0.29, 0.717) is 19.5 Å². The van der Waals surface area contributed by atoms with Gasteiger partial charge in [0.05, 0.1) is 11.6 Å². The van der Waals surface area contributed by atoms with Gasteiger partial charge in [-0.15, -0.1) is 6.58 Å². The normalized spacial score (nSPS) is 22.6. The topological polar surface area (TPSA) is 52.6 Å². The number of nitrogens with one attached hydrogen (secondary N) is 1. The van der Waals surface area contributed by atoms with Crippen LogP contribution in [0.4, 0.5) is 0 Å². The van der Waals surface area contributed by atoms with Gasteiger partial charge >= 0.3 is 0 Å². The SMILES string of the molecule is C=CCCC(O)CN1CCNC(=O)C1(C)C. The minimum Gasteiger partial charge on any atom is -0.392 e. The number of β-amino-alcohol motifs (C(OH)–C–C–N with tert-alkyl or cyclic N) is 1. The molecule has 1 fully saturated rings. The highest BCUT2D eigenvalue weighted by molar-refractivity contribution is 5.86. The minimum atomic E-state index is -0.520. The molecule has 1 unspecified atom stereocenters. The van der Waals surface area contributed by atoms with Crippen molar-refractivity contribution in [3.8, 4) is 0 Å². The third kappa shape index (κ3) is 3.06. The molecule has 92 valence electrons. The van der Waals surface area contributed by atoms with Crippen molar-refractivity contribution >= 4 is 5.91 Å². The van der Waals surface area contributed by atoms with Crippen LogP contribution in [-0.4, -0.2) is 47.2 Å². The maximum Gasteiger partial charge on any atom is 0.240 e. The highest BCUT2D eigenvalue weighted by Crippen LogP contribution is 2.18. The average molecular weight is 226 g/mol. The summed E-state index contributed by atoms with van der Waals surface area (Å²) >= 11 is 0. The first-order chi connectivity index (χ1) is 7.48. The lowest BCUT2D eigenvalue weighted by atomic mass is 9.98. The van der Waals surface area contributed by atoms with E-state index >= 15 is 0 Å². The Morgan fingerprint density at radius 3 is 3.00 bits per heavy atom. The Balaban J connectivity index is 2.51. The second-order valence-electron chi connectivity index (χ2n) is 4.78. The zero-order valence-electron chi connectivity index (χ0n) is 10.2. The molecular weight excluding hydrogens is 204 g/mol. The van der Waals surface area contributed by atoms with Gasteiger partial charge in [0, 0.05) is 19.6 Å². The lowest BCUT2D eigenvalue weighted by Gasteiger charge is -2.42. The van der Waals surface area contributed by atoms with Crippen molar-refractivity contribution in [2.45, 2.75) is 38.3 Å². The molecule has 0 aromatic carbocycles. The lowest BCUT2D eigenvalue weighted by Crippen LogP contribution is -2.62. The van der Waals surface area contributed by atoms with E-state index in [1.165, 1.54) is 0 Å². The van der Waals surface area contributed by atoms with E-state index in [4.69, 9.17) is 0 Å². The molecule has 1 heterocycles. The van der Waals surface area contributed by atoms with Gasteiger partial charge in [-0.25, -0.2) is 0 Å². The van der Waals surface area contributed by atoms with Crippen molar-refractivity contribution in [2.75, 3.05) is 19.6 Å². The summed E-state index contributed by atoms with van der Waals surface area (Å²) in [4.78, 5) is 13.7. The van der Waals surface area contributed by atoms with Crippen molar-refractivity contribution < 1.29 is 9.90 Å². The fourth-order valence-corrected chi connectivity index (χ4v) is 1.92. The van der Waals surface area contributed by atoms with E-state index in [-0.39, 0.29) is 12.0 Å². The van der Waals surface area contributed by atoms with Crippen LogP contribution in [0.1, 0.15) is 26.7 Å². The van der Waals surface area contributed by atoms with Crippen molar-refractivity contribution in [3.63, 3.8) is 0 Å². The number of piperazine rings is 1. The van der Waals surface area contributed by atoms with Crippen molar-refractivity contribution in [1.82, 2.24) is 10.2 Å². The number of hydrogen-bond donors (Lipinski definition) is 2. The fraction of sp³-hybridized carbons (Fsp3) is 0.750. The van der Waals surface area contributed by atoms with Gasteiger partial charge in [-0.3, -0.25) is 9.69 Å². The van der Waals surface area contributed by atoms with Gasteiger partial charge in [-0.2, -0.15) is 0 Å². The second kappa shape index (κ2) is 5.46. The number of aliphatic hydroxyl groups excluding tert-OH is 1. The number of amides is 1. The van der Waals surface area contributed by atoms with Gasteiger partial charge in [0.1, 0.15) is 0 Å². The lowest BCUT2D eigenvalue weighted by molar-refractivity contribution is -0.136. The molecule has 4 nitrogen and oxygen atoms in total. The van der Waals surface area contributed by atoms with Gasteiger partial charge in [-0.05, 0) is 26.7 Å². The Morgan fingerprint density at radius 1 is 1.69 bits per heavy atom. The monoisotopic (exact) mass is 226 g/mol. The number of hydrogen-bond acceptors (Lipinski definition) is 3. The van der Waals surface area contributed by atoms with Gasteiger partial charge in [0.2, 0.25) is 5.91 Å². The molecule has 1 atom stereocenters. The molecule has 4 heteroatoms. The molecule has 0 spiro atoms. The first kappa shape index (κ1) is 13.2. The molecule has 1 amide bonds. The standard InChI is InChI=1S/C12H22N2O2/c1-4-5-6-10(15)9-14-8-7-13-11(16)12(14,2)3/h4,10,15H,1,5-9H2,2-3H3,(H,13,16). The molecule has 0 aromatic heterocycles. The zero-order valence-corrected chi connectivity index (χ0v) is 10.2. The van der Waals surface area contributed by atoms with Crippen LogP contribution in [0.15, 0.2) is 12.7 Å². The maximum absolute atomic E-state index is 11.7.